The number of ether oxygens (including phenoxy) is 1. The molecule has 5 heteroatoms. The van der Waals surface area contributed by atoms with E-state index in [-0.39, 0.29) is 10.6 Å². The van der Waals surface area contributed by atoms with Gasteiger partial charge in [0, 0.05) is 25.4 Å². The maximum Gasteiger partial charge on any atom is 0.135 e. The fourth-order valence-electron chi connectivity index (χ4n) is 1.46. The van der Waals surface area contributed by atoms with Crippen molar-refractivity contribution in [3.63, 3.8) is 0 Å². The predicted molar refractivity (Wildman–Crippen MR) is 71.9 cm³/mol. The highest BCUT2D eigenvalue weighted by molar-refractivity contribution is 7.80. The van der Waals surface area contributed by atoms with E-state index in [1.165, 1.54) is 6.07 Å². The molecule has 0 amide bonds. The van der Waals surface area contributed by atoms with E-state index in [1.54, 1.807) is 12.1 Å². The van der Waals surface area contributed by atoms with Gasteiger partial charge in [-0.3, -0.25) is 0 Å². The molecule has 0 fully saturated rings. The molecular weight excluding hydrogens is 239 g/mol. The molecule has 0 unspecified atom stereocenters. The third kappa shape index (κ3) is 4.28. The van der Waals surface area contributed by atoms with Gasteiger partial charge in [-0.25, -0.2) is 4.39 Å². The second-order valence-electron chi connectivity index (χ2n) is 3.50. The highest BCUT2D eigenvalue weighted by atomic mass is 32.1. The van der Waals surface area contributed by atoms with Crippen LogP contribution in [-0.4, -0.2) is 24.7 Å². The number of halogens is 1. The topological polar surface area (TPSA) is 47.3 Å². The van der Waals surface area contributed by atoms with E-state index >= 15 is 0 Å². The molecule has 0 saturated carbocycles. The lowest BCUT2D eigenvalue weighted by atomic mass is 10.1. The molecular formula is C12H17FN2OS. The molecule has 0 aromatic heterocycles. The molecule has 94 valence electrons. The molecule has 3 nitrogen and oxygen atoms in total. The molecule has 0 aliphatic heterocycles. The summed E-state index contributed by atoms with van der Waals surface area (Å²) in [5.41, 5.74) is 6.40. The highest BCUT2D eigenvalue weighted by Gasteiger charge is 2.10. The minimum absolute atomic E-state index is 0.0652. The van der Waals surface area contributed by atoms with E-state index in [0.717, 1.165) is 6.42 Å². The first-order valence-electron chi connectivity index (χ1n) is 5.56. The number of nitrogens with two attached hydrogens (primary N) is 1. The Morgan fingerprint density at radius 3 is 2.94 bits per heavy atom. The molecule has 1 rings (SSSR count). The fraction of sp³-hybridized carbons (Fsp3) is 0.417. The van der Waals surface area contributed by atoms with Gasteiger partial charge in [0.1, 0.15) is 10.8 Å². The number of nitrogens with one attached hydrogen (secondary N) is 1. The van der Waals surface area contributed by atoms with Crippen molar-refractivity contribution in [2.75, 3.05) is 25.1 Å². The average Bonchev–Trinajstić information content (AvgIpc) is 2.28. The molecule has 1 aromatic carbocycles. The van der Waals surface area contributed by atoms with E-state index in [2.05, 4.69) is 5.32 Å². The molecule has 0 aliphatic carbocycles. The Morgan fingerprint density at radius 2 is 2.29 bits per heavy atom. The van der Waals surface area contributed by atoms with Crippen molar-refractivity contribution in [2.24, 2.45) is 5.73 Å². The predicted octanol–water partition coefficient (Wildman–Crippen LogP) is 2.30. The smallest absolute Gasteiger partial charge is 0.135 e. The Hall–Kier alpha value is -1.20. The third-order valence-electron chi connectivity index (χ3n) is 2.25. The van der Waals surface area contributed by atoms with Gasteiger partial charge >= 0.3 is 0 Å². The molecule has 0 bridgehead atoms. The van der Waals surface area contributed by atoms with Gasteiger partial charge in [0.15, 0.2) is 0 Å². The maximum atomic E-state index is 13.5. The lowest BCUT2D eigenvalue weighted by molar-refractivity contribution is 0.147. The lowest BCUT2D eigenvalue weighted by Crippen LogP contribution is -2.16. The van der Waals surface area contributed by atoms with Crippen molar-refractivity contribution in [3.05, 3.63) is 29.6 Å². The van der Waals surface area contributed by atoms with Gasteiger partial charge in [-0.2, -0.15) is 0 Å². The van der Waals surface area contributed by atoms with E-state index < -0.39 is 5.82 Å². The molecule has 0 aliphatic rings. The summed E-state index contributed by atoms with van der Waals surface area (Å²) in [7, 11) is 0. The number of hydrogen-bond donors (Lipinski definition) is 2. The van der Waals surface area contributed by atoms with Crippen molar-refractivity contribution in [1.82, 2.24) is 0 Å². The summed E-state index contributed by atoms with van der Waals surface area (Å²) < 4.78 is 18.7. The monoisotopic (exact) mass is 256 g/mol. The van der Waals surface area contributed by atoms with Crippen LogP contribution in [0.5, 0.6) is 0 Å². The molecule has 17 heavy (non-hydrogen) atoms. The van der Waals surface area contributed by atoms with E-state index in [9.17, 15) is 4.39 Å². The van der Waals surface area contributed by atoms with Crippen molar-refractivity contribution in [3.8, 4) is 0 Å². The number of thiocarbonyl (C=S) groups is 1. The number of benzene rings is 1. The summed E-state index contributed by atoms with van der Waals surface area (Å²) >= 11 is 4.83. The van der Waals surface area contributed by atoms with Crippen LogP contribution in [0, 0.1) is 5.82 Å². The van der Waals surface area contributed by atoms with Crippen LogP contribution < -0.4 is 11.1 Å². The Kier molecular flexibility index (Phi) is 5.86. The van der Waals surface area contributed by atoms with Gasteiger partial charge in [-0.1, -0.05) is 18.3 Å². The minimum atomic E-state index is -0.396. The van der Waals surface area contributed by atoms with Crippen LogP contribution in [0.15, 0.2) is 18.2 Å². The van der Waals surface area contributed by atoms with Crippen LogP contribution >= 0.6 is 12.2 Å². The normalized spacial score (nSPS) is 10.2. The third-order valence-corrected chi connectivity index (χ3v) is 2.45. The lowest BCUT2D eigenvalue weighted by Gasteiger charge is -2.11. The Bertz CT molecular complexity index is 385. The van der Waals surface area contributed by atoms with Gasteiger partial charge < -0.3 is 15.8 Å². The Labute approximate surface area is 106 Å². The maximum absolute atomic E-state index is 13.5. The minimum Gasteiger partial charge on any atom is -0.389 e. The SMILES string of the molecule is CCOCCCNc1cccc(F)c1C(N)=S. The van der Waals surface area contributed by atoms with Gasteiger partial charge in [-0.15, -0.1) is 0 Å². The van der Waals surface area contributed by atoms with Crippen molar-refractivity contribution in [2.45, 2.75) is 13.3 Å². The first kappa shape index (κ1) is 13.9. The molecule has 0 atom stereocenters. The summed E-state index contributed by atoms with van der Waals surface area (Å²) in [5, 5.41) is 3.11. The van der Waals surface area contributed by atoms with Crippen LogP contribution in [-0.2, 0) is 4.74 Å². The number of hydrogen-bond acceptors (Lipinski definition) is 3. The second-order valence-corrected chi connectivity index (χ2v) is 3.94. The van der Waals surface area contributed by atoms with Crippen molar-refractivity contribution in [1.29, 1.82) is 0 Å². The van der Waals surface area contributed by atoms with Crippen LogP contribution in [0.1, 0.15) is 18.9 Å². The van der Waals surface area contributed by atoms with Crippen molar-refractivity contribution >= 4 is 22.9 Å². The molecule has 1 aromatic rings. The van der Waals surface area contributed by atoms with Crippen LogP contribution in [0.3, 0.4) is 0 Å². The number of anilines is 1. The van der Waals surface area contributed by atoms with Crippen LogP contribution in [0.4, 0.5) is 10.1 Å². The van der Waals surface area contributed by atoms with Gasteiger partial charge in [0.25, 0.3) is 0 Å². The average molecular weight is 256 g/mol. The zero-order valence-electron chi connectivity index (χ0n) is 9.83. The molecule has 0 saturated heterocycles. The Morgan fingerprint density at radius 1 is 1.53 bits per heavy atom. The number of rotatable bonds is 7. The molecule has 3 N–H and O–H groups in total. The summed E-state index contributed by atoms with van der Waals surface area (Å²) in [4.78, 5) is 0.0652. The molecule has 0 heterocycles. The Balaban J connectivity index is 2.58. The molecule has 0 radical (unpaired) electrons. The van der Waals surface area contributed by atoms with Crippen LogP contribution in [0.25, 0.3) is 0 Å². The zero-order valence-corrected chi connectivity index (χ0v) is 10.6. The zero-order chi connectivity index (χ0) is 12.7. The largest absolute Gasteiger partial charge is 0.389 e. The second kappa shape index (κ2) is 7.19. The first-order chi connectivity index (χ1) is 8.16. The van der Waals surface area contributed by atoms with Crippen LogP contribution in [0.2, 0.25) is 0 Å². The summed E-state index contributed by atoms with van der Waals surface area (Å²) in [6, 6.07) is 4.74. The summed E-state index contributed by atoms with van der Waals surface area (Å²) in [6.07, 6.45) is 0.848. The molecule has 0 spiro atoms. The summed E-state index contributed by atoms with van der Waals surface area (Å²) in [5.74, 6) is -0.396. The quantitative estimate of drug-likeness (QED) is 0.580. The van der Waals surface area contributed by atoms with E-state index in [1.807, 2.05) is 6.92 Å². The standard InChI is InChI=1S/C12H17FN2OS/c1-2-16-8-4-7-15-10-6-3-5-9(13)11(10)12(14)17/h3,5-6,15H,2,4,7-8H2,1H3,(H2,14,17). The van der Waals surface area contributed by atoms with Gasteiger partial charge in [0.05, 0.1) is 5.56 Å². The fourth-order valence-corrected chi connectivity index (χ4v) is 1.67. The highest BCUT2D eigenvalue weighted by Crippen LogP contribution is 2.18. The summed E-state index contributed by atoms with van der Waals surface area (Å²) in [6.45, 7) is 4.03. The first-order valence-corrected chi connectivity index (χ1v) is 5.97. The van der Waals surface area contributed by atoms with E-state index in [4.69, 9.17) is 22.7 Å². The van der Waals surface area contributed by atoms with E-state index in [0.29, 0.717) is 25.4 Å². The van der Waals surface area contributed by atoms with Gasteiger partial charge in [0.2, 0.25) is 0 Å². The van der Waals surface area contributed by atoms with Crippen molar-refractivity contribution < 1.29 is 9.13 Å². The van der Waals surface area contributed by atoms with Gasteiger partial charge in [-0.05, 0) is 25.5 Å².